The van der Waals surface area contributed by atoms with Crippen molar-refractivity contribution in [2.75, 3.05) is 20.3 Å². The van der Waals surface area contributed by atoms with Crippen LogP contribution in [0.2, 0.25) is 0 Å². The molecule has 0 amide bonds. The van der Waals surface area contributed by atoms with Crippen LogP contribution in [0.25, 0.3) is 0 Å². The second kappa shape index (κ2) is 5.63. The van der Waals surface area contributed by atoms with Gasteiger partial charge in [-0.3, -0.25) is 0 Å². The van der Waals surface area contributed by atoms with E-state index in [2.05, 4.69) is 15.0 Å². The van der Waals surface area contributed by atoms with Crippen LogP contribution in [0.15, 0.2) is 18.3 Å². The van der Waals surface area contributed by atoms with E-state index in [-0.39, 0.29) is 5.69 Å². The number of carbonyl (C=O) groups excluding carboxylic acids is 1. The number of carbonyl (C=O) groups is 1. The van der Waals surface area contributed by atoms with Crippen molar-refractivity contribution in [1.29, 1.82) is 0 Å². The summed E-state index contributed by atoms with van der Waals surface area (Å²) in [6.07, 6.45) is 3.87. The minimum Gasteiger partial charge on any atom is -0.492 e. The molecule has 1 fully saturated rings. The molecule has 5 heteroatoms. The molecule has 1 atom stereocenters. The first-order valence-electron chi connectivity index (χ1n) is 5.70. The highest BCUT2D eigenvalue weighted by molar-refractivity contribution is 5.87. The summed E-state index contributed by atoms with van der Waals surface area (Å²) in [6, 6.07) is 3.74. The van der Waals surface area contributed by atoms with Crippen molar-refractivity contribution in [2.24, 2.45) is 0 Å². The molecule has 1 saturated heterocycles. The van der Waals surface area contributed by atoms with E-state index in [1.54, 1.807) is 18.3 Å². The predicted molar refractivity (Wildman–Crippen MR) is 62.1 cm³/mol. The summed E-state index contributed by atoms with van der Waals surface area (Å²) in [7, 11) is 1.33. The number of esters is 1. The average molecular weight is 236 g/mol. The third kappa shape index (κ3) is 3.17. The van der Waals surface area contributed by atoms with E-state index in [1.807, 2.05) is 0 Å². The van der Waals surface area contributed by atoms with E-state index in [0.29, 0.717) is 18.4 Å². The van der Waals surface area contributed by atoms with E-state index >= 15 is 0 Å². The van der Waals surface area contributed by atoms with Gasteiger partial charge < -0.3 is 14.8 Å². The molecule has 92 valence electrons. The smallest absolute Gasteiger partial charge is 0.356 e. The summed E-state index contributed by atoms with van der Waals surface area (Å²) in [4.78, 5) is 15.2. The van der Waals surface area contributed by atoms with Crippen LogP contribution >= 0.6 is 0 Å². The summed E-state index contributed by atoms with van der Waals surface area (Å²) >= 11 is 0. The van der Waals surface area contributed by atoms with Gasteiger partial charge in [0.15, 0.2) is 5.69 Å². The summed E-state index contributed by atoms with van der Waals surface area (Å²) in [5, 5.41) is 3.34. The van der Waals surface area contributed by atoms with Crippen LogP contribution in [0.4, 0.5) is 0 Å². The molecular weight excluding hydrogens is 220 g/mol. The standard InChI is InChI=1S/C12H16N2O3/c1-16-12(15)11-7-10(4-6-14-11)17-8-9-3-2-5-13-9/h4,6-7,9,13H,2-3,5,8H2,1H3. The maximum absolute atomic E-state index is 11.3. The lowest BCUT2D eigenvalue weighted by molar-refractivity contribution is 0.0593. The fourth-order valence-electron chi connectivity index (χ4n) is 1.81. The first-order valence-corrected chi connectivity index (χ1v) is 5.70. The molecule has 2 heterocycles. The normalized spacial score (nSPS) is 19.0. The highest BCUT2D eigenvalue weighted by Gasteiger charge is 2.15. The second-order valence-corrected chi connectivity index (χ2v) is 3.97. The summed E-state index contributed by atoms with van der Waals surface area (Å²) in [6.45, 7) is 1.67. The first-order chi connectivity index (χ1) is 8.29. The largest absolute Gasteiger partial charge is 0.492 e. The number of nitrogens with zero attached hydrogens (tertiary/aromatic N) is 1. The molecule has 0 bridgehead atoms. The molecule has 1 N–H and O–H groups in total. The van der Waals surface area contributed by atoms with Gasteiger partial charge in [0.05, 0.1) is 7.11 Å². The SMILES string of the molecule is COC(=O)c1cc(OCC2CCCN2)ccn1. The Morgan fingerprint density at radius 3 is 3.24 bits per heavy atom. The second-order valence-electron chi connectivity index (χ2n) is 3.97. The van der Waals surface area contributed by atoms with Gasteiger partial charge in [0.2, 0.25) is 0 Å². The molecule has 2 rings (SSSR count). The van der Waals surface area contributed by atoms with E-state index in [1.165, 1.54) is 13.5 Å². The molecule has 1 aliphatic rings. The van der Waals surface area contributed by atoms with Crippen LogP contribution in [0.1, 0.15) is 23.3 Å². The number of ether oxygens (including phenoxy) is 2. The minimum atomic E-state index is -0.450. The van der Waals surface area contributed by atoms with E-state index in [0.717, 1.165) is 13.0 Å². The lowest BCUT2D eigenvalue weighted by atomic mass is 10.2. The van der Waals surface area contributed by atoms with Gasteiger partial charge in [-0.15, -0.1) is 0 Å². The number of aromatic nitrogens is 1. The fourth-order valence-corrected chi connectivity index (χ4v) is 1.81. The third-order valence-corrected chi connectivity index (χ3v) is 2.74. The maximum Gasteiger partial charge on any atom is 0.356 e. The van der Waals surface area contributed by atoms with Crippen LogP contribution in [0.5, 0.6) is 5.75 Å². The number of rotatable bonds is 4. The summed E-state index contributed by atoms with van der Waals surface area (Å²) in [5.41, 5.74) is 0.268. The molecule has 0 radical (unpaired) electrons. The number of pyridine rings is 1. The average Bonchev–Trinajstić information content (AvgIpc) is 2.89. The Morgan fingerprint density at radius 1 is 1.65 bits per heavy atom. The molecule has 0 spiro atoms. The monoisotopic (exact) mass is 236 g/mol. The molecule has 0 saturated carbocycles. The zero-order chi connectivity index (χ0) is 12.1. The van der Waals surface area contributed by atoms with Gasteiger partial charge in [0.1, 0.15) is 12.4 Å². The zero-order valence-electron chi connectivity index (χ0n) is 9.81. The van der Waals surface area contributed by atoms with Gasteiger partial charge in [-0.05, 0) is 25.5 Å². The summed E-state index contributed by atoms with van der Waals surface area (Å²) < 4.78 is 10.2. The highest BCUT2D eigenvalue weighted by atomic mass is 16.5. The van der Waals surface area contributed by atoms with Crippen LogP contribution in [-0.2, 0) is 4.74 Å². The zero-order valence-corrected chi connectivity index (χ0v) is 9.81. The number of methoxy groups -OCH3 is 1. The Morgan fingerprint density at radius 2 is 2.53 bits per heavy atom. The van der Waals surface area contributed by atoms with Crippen LogP contribution in [0.3, 0.4) is 0 Å². The Balaban J connectivity index is 1.93. The quantitative estimate of drug-likeness (QED) is 0.790. The first kappa shape index (κ1) is 11.9. The van der Waals surface area contributed by atoms with Crippen molar-refractivity contribution in [3.05, 3.63) is 24.0 Å². The Hall–Kier alpha value is -1.62. The third-order valence-electron chi connectivity index (χ3n) is 2.74. The molecule has 5 nitrogen and oxygen atoms in total. The van der Waals surface area contributed by atoms with Crippen molar-refractivity contribution in [2.45, 2.75) is 18.9 Å². The van der Waals surface area contributed by atoms with Crippen LogP contribution in [0, 0.1) is 0 Å². The molecule has 1 aromatic heterocycles. The molecular formula is C12H16N2O3. The lowest BCUT2D eigenvalue weighted by Crippen LogP contribution is -2.28. The van der Waals surface area contributed by atoms with Gasteiger partial charge in [-0.1, -0.05) is 0 Å². The van der Waals surface area contributed by atoms with Crippen molar-refractivity contribution < 1.29 is 14.3 Å². The predicted octanol–water partition coefficient (Wildman–Crippen LogP) is 0.999. The van der Waals surface area contributed by atoms with Crippen LogP contribution in [-0.4, -0.2) is 37.3 Å². The van der Waals surface area contributed by atoms with E-state index in [9.17, 15) is 4.79 Å². The number of hydrogen-bond donors (Lipinski definition) is 1. The van der Waals surface area contributed by atoms with Gasteiger partial charge in [0.25, 0.3) is 0 Å². The van der Waals surface area contributed by atoms with Crippen molar-refractivity contribution in [1.82, 2.24) is 10.3 Å². The van der Waals surface area contributed by atoms with Gasteiger partial charge in [-0.25, -0.2) is 9.78 Å². The van der Waals surface area contributed by atoms with Gasteiger partial charge in [-0.2, -0.15) is 0 Å². The van der Waals surface area contributed by atoms with Gasteiger partial charge >= 0.3 is 5.97 Å². The van der Waals surface area contributed by atoms with Crippen LogP contribution < -0.4 is 10.1 Å². The van der Waals surface area contributed by atoms with Crippen molar-refractivity contribution in [3.8, 4) is 5.75 Å². The lowest BCUT2D eigenvalue weighted by Gasteiger charge is -2.12. The van der Waals surface area contributed by atoms with E-state index in [4.69, 9.17) is 4.74 Å². The summed E-state index contributed by atoms with van der Waals surface area (Å²) in [5.74, 6) is 0.198. The van der Waals surface area contributed by atoms with Gasteiger partial charge in [0, 0.05) is 18.3 Å². The Bertz CT molecular complexity index is 389. The minimum absolute atomic E-state index is 0.268. The topological polar surface area (TPSA) is 60.5 Å². The number of nitrogens with one attached hydrogen (secondary N) is 1. The molecule has 1 aliphatic heterocycles. The van der Waals surface area contributed by atoms with E-state index < -0.39 is 5.97 Å². The molecule has 1 aromatic rings. The Labute approximate surface area is 100 Å². The molecule has 0 aromatic carbocycles. The molecule has 0 aliphatic carbocycles. The Kier molecular flexibility index (Phi) is 3.93. The number of hydrogen-bond acceptors (Lipinski definition) is 5. The van der Waals surface area contributed by atoms with Crippen molar-refractivity contribution in [3.63, 3.8) is 0 Å². The fraction of sp³-hybridized carbons (Fsp3) is 0.500. The molecule has 1 unspecified atom stereocenters. The highest BCUT2D eigenvalue weighted by Crippen LogP contribution is 2.13. The van der Waals surface area contributed by atoms with Crippen molar-refractivity contribution >= 4 is 5.97 Å². The maximum atomic E-state index is 11.3. The molecule has 17 heavy (non-hydrogen) atoms.